The van der Waals surface area contributed by atoms with Crippen LogP contribution in [0.15, 0.2) is 30.3 Å². The number of nitrogens with zero attached hydrogens (tertiary/aromatic N) is 3. The Morgan fingerprint density at radius 3 is 2.42 bits per heavy atom. The third-order valence-corrected chi connectivity index (χ3v) is 6.45. The van der Waals surface area contributed by atoms with Crippen LogP contribution in [0.2, 0.25) is 0 Å². The average molecular weight is 424 g/mol. The number of hydrogen-bond donors (Lipinski definition) is 2. The first kappa shape index (κ1) is 21.4. The largest absolute Gasteiger partial charge is 0.342 e. The van der Waals surface area contributed by atoms with Gasteiger partial charge in [0.25, 0.3) is 0 Å². The van der Waals surface area contributed by atoms with Gasteiger partial charge in [0, 0.05) is 36.4 Å². The van der Waals surface area contributed by atoms with Crippen LogP contribution in [-0.4, -0.2) is 45.8 Å². The lowest BCUT2D eigenvalue weighted by Gasteiger charge is -2.35. The van der Waals surface area contributed by atoms with E-state index in [9.17, 15) is 9.59 Å². The molecule has 0 bridgehead atoms. The summed E-state index contributed by atoms with van der Waals surface area (Å²) in [5.74, 6) is 0.541. The smallest absolute Gasteiger partial charge is 0.319 e. The van der Waals surface area contributed by atoms with Crippen LogP contribution in [0.3, 0.4) is 0 Å². The zero-order valence-corrected chi connectivity index (χ0v) is 18.6. The Morgan fingerprint density at radius 2 is 1.74 bits per heavy atom. The first-order chi connectivity index (χ1) is 15.0. The lowest BCUT2D eigenvalue weighted by Crippen LogP contribution is -2.49. The maximum atomic E-state index is 12.7. The Hall–Kier alpha value is -2.83. The second-order valence-electron chi connectivity index (χ2n) is 8.92. The quantitative estimate of drug-likeness (QED) is 0.774. The number of aromatic nitrogens is 2. The van der Waals surface area contributed by atoms with Gasteiger partial charge >= 0.3 is 6.03 Å². The van der Waals surface area contributed by atoms with Crippen LogP contribution in [0.5, 0.6) is 0 Å². The van der Waals surface area contributed by atoms with Crippen molar-refractivity contribution < 1.29 is 9.59 Å². The Labute approximate surface area is 184 Å². The van der Waals surface area contributed by atoms with E-state index in [0.29, 0.717) is 5.91 Å². The fourth-order valence-electron chi connectivity index (χ4n) is 4.81. The average Bonchev–Trinajstić information content (AvgIpc) is 3.12. The van der Waals surface area contributed by atoms with Gasteiger partial charge in [-0.25, -0.2) is 9.48 Å². The number of piperidine rings is 1. The molecule has 4 rings (SSSR count). The first-order valence-corrected chi connectivity index (χ1v) is 11.5. The normalized spacial score (nSPS) is 18.1. The first-order valence-electron chi connectivity index (χ1n) is 11.5. The van der Waals surface area contributed by atoms with E-state index in [1.807, 2.05) is 53.8 Å². The minimum atomic E-state index is -0.206. The number of benzene rings is 1. The summed E-state index contributed by atoms with van der Waals surface area (Å²) in [5, 5.41) is 10.5. The van der Waals surface area contributed by atoms with E-state index < -0.39 is 0 Å². The van der Waals surface area contributed by atoms with Crippen LogP contribution >= 0.6 is 0 Å². The number of rotatable bonds is 4. The number of carbonyl (C=O) groups is 2. The highest BCUT2D eigenvalue weighted by Gasteiger charge is 2.29. The lowest BCUT2D eigenvalue weighted by atomic mass is 9.87. The molecule has 166 valence electrons. The van der Waals surface area contributed by atoms with E-state index in [0.717, 1.165) is 61.5 Å². The van der Waals surface area contributed by atoms with Crippen molar-refractivity contribution in [3.8, 4) is 5.69 Å². The van der Waals surface area contributed by atoms with E-state index in [4.69, 9.17) is 0 Å². The summed E-state index contributed by atoms with van der Waals surface area (Å²) in [7, 11) is 0. The molecule has 1 aromatic heterocycles. The topological polar surface area (TPSA) is 79.3 Å². The Kier molecular flexibility index (Phi) is 6.59. The molecule has 7 nitrogen and oxygen atoms in total. The molecular weight excluding hydrogens is 390 g/mol. The van der Waals surface area contributed by atoms with Gasteiger partial charge in [-0.1, -0.05) is 25.3 Å². The zero-order chi connectivity index (χ0) is 21.8. The Morgan fingerprint density at radius 1 is 1.00 bits per heavy atom. The van der Waals surface area contributed by atoms with Crippen LogP contribution in [0.25, 0.3) is 5.69 Å². The van der Waals surface area contributed by atoms with Crippen molar-refractivity contribution in [3.63, 3.8) is 0 Å². The van der Waals surface area contributed by atoms with E-state index >= 15 is 0 Å². The fraction of sp³-hybridized carbons (Fsp3) is 0.542. The molecule has 0 unspecified atom stereocenters. The Balaban J connectivity index is 1.27. The molecule has 1 aliphatic heterocycles. The van der Waals surface area contributed by atoms with Gasteiger partial charge in [-0.2, -0.15) is 5.10 Å². The van der Waals surface area contributed by atoms with Crippen molar-refractivity contribution in [2.45, 2.75) is 64.8 Å². The minimum Gasteiger partial charge on any atom is -0.342 e. The molecule has 3 amide bonds. The van der Waals surface area contributed by atoms with E-state index in [1.165, 1.54) is 19.3 Å². The molecule has 1 saturated carbocycles. The minimum absolute atomic E-state index is 0.0922. The van der Waals surface area contributed by atoms with E-state index in [-0.39, 0.29) is 18.0 Å². The zero-order valence-electron chi connectivity index (χ0n) is 18.6. The maximum Gasteiger partial charge on any atom is 0.319 e. The molecule has 7 heteroatoms. The van der Waals surface area contributed by atoms with Crippen LogP contribution in [-0.2, 0) is 4.79 Å². The highest BCUT2D eigenvalue weighted by molar-refractivity contribution is 5.89. The van der Waals surface area contributed by atoms with Crippen molar-refractivity contribution in [1.29, 1.82) is 0 Å². The number of urea groups is 1. The standard InChI is InChI=1S/C24H33N5O2/c1-17-15-18(2)29(27-17)22-10-6-9-21(16-22)26-24(31)25-20-11-13-28(14-12-20)23(30)19-7-4-3-5-8-19/h6,9-10,15-16,19-20H,3-5,7-8,11-14H2,1-2H3,(H2,25,26,31). The van der Waals surface area contributed by atoms with Crippen molar-refractivity contribution in [2.24, 2.45) is 5.92 Å². The molecule has 1 saturated heterocycles. The third-order valence-electron chi connectivity index (χ3n) is 6.45. The van der Waals surface area contributed by atoms with Gasteiger partial charge in [-0.3, -0.25) is 4.79 Å². The number of hydrogen-bond acceptors (Lipinski definition) is 3. The Bertz CT molecular complexity index is 924. The molecular formula is C24H33N5O2. The summed E-state index contributed by atoms with van der Waals surface area (Å²) in [4.78, 5) is 27.3. The molecule has 1 aliphatic carbocycles. The number of nitrogens with one attached hydrogen (secondary N) is 2. The van der Waals surface area contributed by atoms with Gasteiger partial charge in [0.05, 0.1) is 11.4 Å². The SMILES string of the molecule is Cc1cc(C)n(-c2cccc(NC(=O)NC3CCN(C(=O)C4CCCCC4)CC3)c2)n1. The molecule has 0 spiro atoms. The molecule has 2 fully saturated rings. The summed E-state index contributed by atoms with van der Waals surface area (Å²) in [5.41, 5.74) is 3.65. The fourth-order valence-corrected chi connectivity index (χ4v) is 4.81. The van der Waals surface area contributed by atoms with Gasteiger partial charge in [0.2, 0.25) is 5.91 Å². The van der Waals surface area contributed by atoms with E-state index in [1.54, 1.807) is 0 Å². The monoisotopic (exact) mass is 423 g/mol. The molecule has 2 N–H and O–H groups in total. The molecule has 2 aliphatic rings. The van der Waals surface area contributed by atoms with Crippen LogP contribution in [0, 0.1) is 19.8 Å². The van der Waals surface area contributed by atoms with Gasteiger partial charge in [0.1, 0.15) is 0 Å². The van der Waals surface area contributed by atoms with Crippen molar-refractivity contribution in [3.05, 3.63) is 41.7 Å². The summed E-state index contributed by atoms with van der Waals surface area (Å²) < 4.78 is 1.87. The number of likely N-dealkylation sites (tertiary alicyclic amines) is 1. The number of aryl methyl sites for hydroxylation is 2. The van der Waals surface area contributed by atoms with Gasteiger partial charge in [-0.05, 0) is 63.8 Å². The summed E-state index contributed by atoms with van der Waals surface area (Å²) in [6.45, 7) is 5.44. The van der Waals surface area contributed by atoms with Crippen LogP contribution in [0.1, 0.15) is 56.3 Å². The highest BCUT2D eigenvalue weighted by Crippen LogP contribution is 2.26. The maximum absolute atomic E-state index is 12.7. The van der Waals surface area contributed by atoms with E-state index in [2.05, 4.69) is 15.7 Å². The van der Waals surface area contributed by atoms with Gasteiger partial charge in [-0.15, -0.1) is 0 Å². The van der Waals surface area contributed by atoms with Crippen LogP contribution < -0.4 is 10.6 Å². The summed E-state index contributed by atoms with van der Waals surface area (Å²) in [6.07, 6.45) is 7.29. The van der Waals surface area contributed by atoms with Gasteiger partial charge in [0.15, 0.2) is 0 Å². The van der Waals surface area contributed by atoms with Crippen LogP contribution in [0.4, 0.5) is 10.5 Å². The van der Waals surface area contributed by atoms with Gasteiger partial charge < -0.3 is 15.5 Å². The second kappa shape index (κ2) is 9.54. The number of amides is 3. The predicted molar refractivity (Wildman–Crippen MR) is 121 cm³/mol. The second-order valence-corrected chi connectivity index (χ2v) is 8.92. The number of carbonyl (C=O) groups excluding carboxylic acids is 2. The number of anilines is 1. The molecule has 0 atom stereocenters. The molecule has 1 aromatic carbocycles. The highest BCUT2D eigenvalue weighted by atomic mass is 16.2. The van der Waals surface area contributed by atoms with Crippen molar-refractivity contribution in [2.75, 3.05) is 18.4 Å². The summed E-state index contributed by atoms with van der Waals surface area (Å²) in [6, 6.07) is 9.60. The predicted octanol–water partition coefficient (Wildman–Crippen LogP) is 4.18. The van der Waals surface area contributed by atoms with Crippen molar-refractivity contribution >= 4 is 17.6 Å². The van der Waals surface area contributed by atoms with Crippen molar-refractivity contribution in [1.82, 2.24) is 20.0 Å². The molecule has 2 aromatic rings. The lowest BCUT2D eigenvalue weighted by molar-refractivity contribution is -0.137. The molecule has 2 heterocycles. The third kappa shape index (κ3) is 5.27. The molecule has 0 radical (unpaired) electrons. The molecule has 31 heavy (non-hydrogen) atoms. The summed E-state index contributed by atoms with van der Waals surface area (Å²) >= 11 is 0.